The molecule has 1 fully saturated rings. The summed E-state index contributed by atoms with van der Waals surface area (Å²) in [4.78, 5) is 64.8. The van der Waals surface area contributed by atoms with Crippen LogP contribution in [-0.2, 0) is 38.1 Å². The number of rotatable bonds is 11. The molecule has 3 heterocycles. The largest absolute Gasteiger partial charge is 0.490 e. The molecule has 1 aliphatic heterocycles. The van der Waals surface area contributed by atoms with Gasteiger partial charge in [0.15, 0.2) is 0 Å². The van der Waals surface area contributed by atoms with Gasteiger partial charge in [-0.2, -0.15) is 8.62 Å². The van der Waals surface area contributed by atoms with E-state index in [2.05, 4.69) is 28.4 Å². The van der Waals surface area contributed by atoms with Gasteiger partial charge in [0.25, 0.3) is 5.56 Å². The second-order valence-corrected chi connectivity index (χ2v) is 12.7. The molecule has 23 heteroatoms. The molecule has 3 rings (SSSR count). The quantitative estimate of drug-likeness (QED) is 0.132. The highest BCUT2D eigenvalue weighted by Gasteiger charge is 2.47. The molecule has 214 valence electrons. The number of phosphoric acid groups is 3. The van der Waals surface area contributed by atoms with E-state index in [-0.39, 0.29) is 23.7 Å². The predicted octanol–water partition coefficient (Wildman–Crippen LogP) is -1.67. The molecule has 2 aromatic rings. The maximum Gasteiger partial charge on any atom is 0.490 e. The van der Waals surface area contributed by atoms with Crippen molar-refractivity contribution in [1.82, 2.24) is 25.0 Å². The standard InChI is InChI=1S/C15H24N5O15P3/c1-6(2)7-3-20(19-18-7)4-8-10(14(23)17-15(24)16-8)13-12(22)11(21)9(33-13)5-32-37(28,29)35-38(30,31)34-36(25,26)27/h3,6,9,11-13,21-22H,4-5H2,1-2H3,(H,28,29)(H,30,31)(H2,25,26,27)(H2,16,17,23,24)/t9-,11?,12+,13+/m1/s1. The zero-order valence-corrected chi connectivity index (χ0v) is 22.1. The van der Waals surface area contributed by atoms with Crippen LogP contribution in [0.25, 0.3) is 0 Å². The molecule has 20 nitrogen and oxygen atoms in total. The van der Waals surface area contributed by atoms with Gasteiger partial charge in [0.1, 0.15) is 24.4 Å². The number of aliphatic hydroxyl groups excluding tert-OH is 2. The summed E-state index contributed by atoms with van der Waals surface area (Å²) < 4.78 is 52.4. The molecule has 0 aromatic carbocycles. The lowest BCUT2D eigenvalue weighted by Crippen LogP contribution is -2.35. The molecule has 0 aliphatic carbocycles. The van der Waals surface area contributed by atoms with Gasteiger partial charge in [-0.25, -0.2) is 23.2 Å². The molecule has 1 saturated heterocycles. The maximum absolute atomic E-state index is 12.6. The molecule has 0 spiro atoms. The van der Waals surface area contributed by atoms with Crippen LogP contribution < -0.4 is 11.2 Å². The maximum atomic E-state index is 12.6. The van der Waals surface area contributed by atoms with Crippen molar-refractivity contribution in [3.63, 3.8) is 0 Å². The summed E-state index contributed by atoms with van der Waals surface area (Å²) in [5.41, 5.74) is -1.66. The number of aromatic nitrogens is 5. The van der Waals surface area contributed by atoms with Gasteiger partial charge in [0, 0.05) is 6.20 Å². The summed E-state index contributed by atoms with van der Waals surface area (Å²) in [6.07, 6.45) is -5.39. The van der Waals surface area contributed by atoms with Gasteiger partial charge in [-0.3, -0.25) is 14.3 Å². The van der Waals surface area contributed by atoms with Crippen LogP contribution in [0.4, 0.5) is 0 Å². The Kier molecular flexibility index (Phi) is 9.12. The summed E-state index contributed by atoms with van der Waals surface area (Å²) in [5, 5.41) is 28.7. The van der Waals surface area contributed by atoms with E-state index in [1.54, 1.807) is 6.20 Å². The van der Waals surface area contributed by atoms with Crippen LogP contribution in [0.1, 0.15) is 42.8 Å². The first kappa shape index (κ1) is 30.6. The topological polar surface area (TPSA) is 306 Å². The van der Waals surface area contributed by atoms with Crippen molar-refractivity contribution in [2.24, 2.45) is 0 Å². The third kappa shape index (κ3) is 7.83. The fraction of sp³-hybridized carbons (Fsp3) is 0.600. The van der Waals surface area contributed by atoms with E-state index in [4.69, 9.17) is 14.5 Å². The molecule has 38 heavy (non-hydrogen) atoms. The van der Waals surface area contributed by atoms with Gasteiger partial charge in [-0.05, 0) is 5.92 Å². The number of aromatic amines is 2. The SMILES string of the molecule is CC(C)c1cn(Cc2[nH]c(=O)[nH]c(=O)c2[C@@H]2O[C@H](COP(=O)(O)OP(=O)(O)OP(=O)(O)O)C(O)[C@@H]2O)nn1. The Bertz CT molecular complexity index is 1410. The smallest absolute Gasteiger partial charge is 0.387 e. The normalized spacial score (nSPS) is 25.4. The molecule has 0 amide bonds. The average Bonchev–Trinajstić information content (AvgIpc) is 3.29. The predicted molar refractivity (Wildman–Crippen MR) is 120 cm³/mol. The minimum atomic E-state index is -5.79. The third-order valence-electron chi connectivity index (χ3n) is 4.99. The van der Waals surface area contributed by atoms with E-state index in [0.717, 1.165) is 0 Å². The van der Waals surface area contributed by atoms with Crippen LogP contribution in [0.15, 0.2) is 15.8 Å². The Balaban J connectivity index is 1.79. The molecule has 0 radical (unpaired) electrons. The molecular formula is C15H24N5O15P3. The average molecular weight is 607 g/mol. The zero-order chi connectivity index (χ0) is 28.6. The van der Waals surface area contributed by atoms with Crippen LogP contribution >= 0.6 is 23.5 Å². The fourth-order valence-electron chi connectivity index (χ4n) is 3.38. The van der Waals surface area contributed by atoms with Crippen molar-refractivity contribution in [3.05, 3.63) is 44.0 Å². The summed E-state index contributed by atoms with van der Waals surface area (Å²) in [5.74, 6) is 0.0203. The number of hydrogen-bond acceptors (Lipinski definition) is 13. The minimum Gasteiger partial charge on any atom is -0.387 e. The van der Waals surface area contributed by atoms with Crippen molar-refractivity contribution in [2.75, 3.05) is 6.61 Å². The summed E-state index contributed by atoms with van der Waals surface area (Å²) in [6.45, 7) is 2.43. The molecular weight excluding hydrogens is 583 g/mol. The first-order chi connectivity index (χ1) is 17.4. The Hall–Kier alpha value is -1.89. The van der Waals surface area contributed by atoms with Crippen LogP contribution in [0.2, 0.25) is 0 Å². The Labute approximate surface area is 211 Å². The number of nitrogens with zero attached hydrogens (tertiary/aromatic N) is 3. The van der Waals surface area contributed by atoms with E-state index >= 15 is 0 Å². The second-order valence-electron chi connectivity index (χ2n) is 8.26. The number of aliphatic hydroxyl groups is 2. The van der Waals surface area contributed by atoms with Gasteiger partial charge >= 0.3 is 29.2 Å². The van der Waals surface area contributed by atoms with E-state index in [1.165, 1.54) is 4.68 Å². The number of phosphoric ester groups is 1. The molecule has 0 saturated carbocycles. The first-order valence-corrected chi connectivity index (χ1v) is 14.9. The molecule has 0 bridgehead atoms. The van der Waals surface area contributed by atoms with Crippen molar-refractivity contribution in [1.29, 1.82) is 0 Å². The van der Waals surface area contributed by atoms with Crippen LogP contribution in [-0.4, -0.2) is 79.7 Å². The first-order valence-electron chi connectivity index (χ1n) is 10.4. The lowest BCUT2D eigenvalue weighted by molar-refractivity contribution is -0.0230. The monoisotopic (exact) mass is 607 g/mol. The fourth-order valence-corrected chi connectivity index (χ4v) is 6.41. The van der Waals surface area contributed by atoms with Gasteiger partial charge in [-0.1, -0.05) is 19.1 Å². The molecule has 6 atom stereocenters. The number of nitrogens with one attached hydrogen (secondary N) is 2. The number of hydrogen-bond donors (Lipinski definition) is 8. The van der Waals surface area contributed by atoms with Crippen molar-refractivity contribution < 1.29 is 61.4 Å². The highest BCUT2D eigenvalue weighted by Crippen LogP contribution is 2.66. The number of H-pyrrole nitrogens is 2. The van der Waals surface area contributed by atoms with Crippen LogP contribution in [0, 0.1) is 0 Å². The van der Waals surface area contributed by atoms with E-state index in [9.17, 15) is 43.3 Å². The van der Waals surface area contributed by atoms with Crippen molar-refractivity contribution >= 4 is 23.5 Å². The van der Waals surface area contributed by atoms with Gasteiger partial charge in [0.05, 0.1) is 30.1 Å². The van der Waals surface area contributed by atoms with Crippen molar-refractivity contribution in [3.8, 4) is 0 Å². The highest BCUT2D eigenvalue weighted by atomic mass is 31.3. The summed E-state index contributed by atoms with van der Waals surface area (Å²) in [6, 6.07) is 0. The summed E-state index contributed by atoms with van der Waals surface area (Å²) >= 11 is 0. The Morgan fingerprint density at radius 3 is 2.29 bits per heavy atom. The lowest BCUT2D eigenvalue weighted by atomic mass is 10.0. The number of ether oxygens (including phenoxy) is 1. The minimum absolute atomic E-state index is 0.0203. The van der Waals surface area contributed by atoms with E-state index in [1.807, 2.05) is 18.8 Å². The zero-order valence-electron chi connectivity index (χ0n) is 19.4. The van der Waals surface area contributed by atoms with Gasteiger partial charge in [0.2, 0.25) is 0 Å². The van der Waals surface area contributed by atoms with E-state index in [0.29, 0.717) is 5.69 Å². The molecule has 8 N–H and O–H groups in total. The molecule has 2 aromatic heterocycles. The Morgan fingerprint density at radius 2 is 1.71 bits per heavy atom. The van der Waals surface area contributed by atoms with Crippen molar-refractivity contribution in [2.45, 2.75) is 50.7 Å². The highest BCUT2D eigenvalue weighted by molar-refractivity contribution is 7.66. The lowest BCUT2D eigenvalue weighted by Gasteiger charge is -2.19. The Morgan fingerprint density at radius 1 is 1.05 bits per heavy atom. The second kappa shape index (κ2) is 11.3. The third-order valence-corrected chi connectivity index (χ3v) is 8.80. The molecule has 3 unspecified atom stereocenters. The van der Waals surface area contributed by atoms with E-state index < -0.39 is 65.7 Å². The van der Waals surface area contributed by atoms with Gasteiger partial charge < -0.3 is 39.5 Å². The van der Waals surface area contributed by atoms with Crippen LogP contribution in [0.5, 0.6) is 0 Å². The molecule has 1 aliphatic rings. The summed E-state index contributed by atoms with van der Waals surface area (Å²) in [7, 11) is -16.9. The van der Waals surface area contributed by atoms with Gasteiger partial charge in [-0.15, -0.1) is 5.10 Å². The van der Waals surface area contributed by atoms with Crippen LogP contribution in [0.3, 0.4) is 0 Å².